The second-order valence-corrected chi connectivity index (χ2v) is 5.70. The Morgan fingerprint density at radius 1 is 1.17 bits per heavy atom. The molecule has 1 rings (SSSR count). The Balaban J connectivity index is 1.89. The number of hydrogen-bond donors (Lipinski definition) is 1. The molecule has 1 N–H and O–H groups in total. The molecule has 3 heteroatoms. The molecule has 0 aliphatic carbocycles. The van der Waals surface area contributed by atoms with E-state index in [1.54, 1.807) is 0 Å². The molecule has 108 valence electrons. The number of likely N-dealkylation sites (tertiary alicyclic amines) is 1. The van der Waals surface area contributed by atoms with Crippen molar-refractivity contribution in [3.63, 3.8) is 0 Å². The molecule has 0 bridgehead atoms. The minimum Gasteiger partial charge on any atom is -0.382 e. The maximum atomic E-state index is 5.32. The van der Waals surface area contributed by atoms with Crippen LogP contribution >= 0.6 is 0 Å². The van der Waals surface area contributed by atoms with Gasteiger partial charge in [0.1, 0.15) is 0 Å². The van der Waals surface area contributed by atoms with Crippen molar-refractivity contribution in [1.29, 1.82) is 0 Å². The van der Waals surface area contributed by atoms with Crippen LogP contribution in [0.5, 0.6) is 0 Å². The number of unbranched alkanes of at least 4 members (excludes halogenated alkanes) is 1. The number of ether oxygens (including phenoxy) is 1. The first-order chi connectivity index (χ1) is 8.74. The van der Waals surface area contributed by atoms with Crippen LogP contribution in [0.1, 0.15) is 40.0 Å². The standard InChI is InChI=1S/C15H32N2O/c1-4-18-12-6-5-8-16-9-11-17-10-7-14(2)15(3)13-17/h14-16H,4-13H2,1-3H3. The van der Waals surface area contributed by atoms with Gasteiger partial charge in [-0.15, -0.1) is 0 Å². The molecule has 0 amide bonds. The van der Waals surface area contributed by atoms with Gasteiger partial charge in [-0.2, -0.15) is 0 Å². The number of nitrogens with zero attached hydrogens (tertiary/aromatic N) is 1. The summed E-state index contributed by atoms with van der Waals surface area (Å²) in [5.41, 5.74) is 0. The van der Waals surface area contributed by atoms with Crippen molar-refractivity contribution in [2.45, 2.75) is 40.0 Å². The summed E-state index contributed by atoms with van der Waals surface area (Å²) in [4.78, 5) is 2.61. The van der Waals surface area contributed by atoms with Gasteiger partial charge < -0.3 is 15.0 Å². The zero-order valence-electron chi connectivity index (χ0n) is 12.6. The lowest BCUT2D eigenvalue weighted by atomic mass is 9.89. The van der Waals surface area contributed by atoms with E-state index in [2.05, 4.69) is 31.0 Å². The van der Waals surface area contributed by atoms with Gasteiger partial charge in [0.15, 0.2) is 0 Å². The Kier molecular flexibility index (Phi) is 8.64. The van der Waals surface area contributed by atoms with E-state index in [1.807, 2.05) is 0 Å². The lowest BCUT2D eigenvalue weighted by molar-refractivity contribution is 0.137. The molecule has 18 heavy (non-hydrogen) atoms. The fraction of sp³-hybridized carbons (Fsp3) is 1.00. The van der Waals surface area contributed by atoms with Crippen LogP contribution in [0.3, 0.4) is 0 Å². The zero-order chi connectivity index (χ0) is 13.2. The second kappa shape index (κ2) is 9.76. The Bertz CT molecular complexity index is 199. The van der Waals surface area contributed by atoms with Gasteiger partial charge in [-0.3, -0.25) is 0 Å². The first-order valence-corrected chi connectivity index (χ1v) is 7.74. The molecular weight excluding hydrogens is 224 g/mol. The predicted octanol–water partition coefficient (Wildman–Crippen LogP) is 2.37. The van der Waals surface area contributed by atoms with Gasteiger partial charge in [0.25, 0.3) is 0 Å². The summed E-state index contributed by atoms with van der Waals surface area (Å²) in [6, 6.07) is 0. The van der Waals surface area contributed by atoms with Crippen LogP contribution in [0, 0.1) is 11.8 Å². The summed E-state index contributed by atoms with van der Waals surface area (Å²) in [6.45, 7) is 14.6. The van der Waals surface area contributed by atoms with Gasteiger partial charge in [-0.1, -0.05) is 13.8 Å². The number of piperidine rings is 1. The summed E-state index contributed by atoms with van der Waals surface area (Å²) in [7, 11) is 0. The molecule has 3 nitrogen and oxygen atoms in total. The highest BCUT2D eigenvalue weighted by Gasteiger charge is 2.21. The first kappa shape index (κ1) is 15.9. The molecule has 2 atom stereocenters. The monoisotopic (exact) mass is 256 g/mol. The third kappa shape index (κ3) is 6.72. The van der Waals surface area contributed by atoms with E-state index >= 15 is 0 Å². The van der Waals surface area contributed by atoms with Crippen molar-refractivity contribution < 1.29 is 4.74 Å². The Hall–Kier alpha value is -0.120. The second-order valence-electron chi connectivity index (χ2n) is 5.70. The van der Waals surface area contributed by atoms with Crippen LogP contribution in [0.4, 0.5) is 0 Å². The summed E-state index contributed by atoms with van der Waals surface area (Å²) in [5, 5.41) is 3.54. The van der Waals surface area contributed by atoms with Crippen molar-refractivity contribution in [3.8, 4) is 0 Å². The van der Waals surface area contributed by atoms with Crippen LogP contribution in [0.15, 0.2) is 0 Å². The van der Waals surface area contributed by atoms with E-state index in [1.165, 1.54) is 38.9 Å². The van der Waals surface area contributed by atoms with Crippen molar-refractivity contribution in [2.75, 3.05) is 45.9 Å². The predicted molar refractivity (Wildman–Crippen MR) is 78.0 cm³/mol. The molecule has 0 aromatic rings. The molecule has 1 heterocycles. The lowest BCUT2D eigenvalue weighted by Crippen LogP contribution is -2.41. The SMILES string of the molecule is CCOCCCCNCCN1CCC(C)C(C)C1. The average Bonchev–Trinajstić information content (AvgIpc) is 2.37. The van der Waals surface area contributed by atoms with Gasteiger partial charge in [-0.25, -0.2) is 0 Å². The fourth-order valence-corrected chi connectivity index (χ4v) is 2.51. The first-order valence-electron chi connectivity index (χ1n) is 7.74. The van der Waals surface area contributed by atoms with Crippen LogP contribution in [0.2, 0.25) is 0 Å². The van der Waals surface area contributed by atoms with Gasteiger partial charge in [0, 0.05) is 32.8 Å². The number of rotatable bonds is 9. The Morgan fingerprint density at radius 2 is 2.00 bits per heavy atom. The lowest BCUT2D eigenvalue weighted by Gasteiger charge is -2.35. The van der Waals surface area contributed by atoms with E-state index in [0.717, 1.165) is 38.1 Å². The minimum atomic E-state index is 0.846. The fourth-order valence-electron chi connectivity index (χ4n) is 2.51. The molecule has 1 aliphatic heterocycles. The molecule has 0 radical (unpaired) electrons. The van der Waals surface area contributed by atoms with Gasteiger partial charge in [-0.05, 0) is 51.1 Å². The third-order valence-electron chi connectivity index (χ3n) is 4.12. The normalized spacial score (nSPS) is 25.5. The summed E-state index contributed by atoms with van der Waals surface area (Å²) in [5.74, 6) is 1.78. The smallest absolute Gasteiger partial charge is 0.0466 e. The molecule has 0 aromatic heterocycles. The minimum absolute atomic E-state index is 0.846. The van der Waals surface area contributed by atoms with E-state index < -0.39 is 0 Å². The Morgan fingerprint density at radius 3 is 2.72 bits per heavy atom. The highest BCUT2D eigenvalue weighted by atomic mass is 16.5. The molecule has 0 saturated carbocycles. The maximum Gasteiger partial charge on any atom is 0.0466 e. The van der Waals surface area contributed by atoms with Gasteiger partial charge in [0.05, 0.1) is 0 Å². The summed E-state index contributed by atoms with van der Waals surface area (Å²) >= 11 is 0. The number of nitrogens with one attached hydrogen (secondary N) is 1. The molecule has 1 fully saturated rings. The number of hydrogen-bond acceptors (Lipinski definition) is 3. The molecule has 0 aromatic carbocycles. The topological polar surface area (TPSA) is 24.5 Å². The quantitative estimate of drug-likeness (QED) is 0.641. The largest absolute Gasteiger partial charge is 0.382 e. The zero-order valence-corrected chi connectivity index (χ0v) is 12.6. The maximum absolute atomic E-state index is 5.32. The van der Waals surface area contributed by atoms with Crippen LogP contribution < -0.4 is 5.32 Å². The van der Waals surface area contributed by atoms with Gasteiger partial charge >= 0.3 is 0 Å². The average molecular weight is 256 g/mol. The van der Waals surface area contributed by atoms with E-state index in [-0.39, 0.29) is 0 Å². The van der Waals surface area contributed by atoms with Crippen molar-refractivity contribution in [1.82, 2.24) is 10.2 Å². The third-order valence-corrected chi connectivity index (χ3v) is 4.12. The van der Waals surface area contributed by atoms with Crippen molar-refractivity contribution in [2.24, 2.45) is 11.8 Å². The highest BCUT2D eigenvalue weighted by molar-refractivity contribution is 4.75. The highest BCUT2D eigenvalue weighted by Crippen LogP contribution is 2.21. The van der Waals surface area contributed by atoms with E-state index in [4.69, 9.17) is 4.74 Å². The Labute approximate surface area is 113 Å². The van der Waals surface area contributed by atoms with Crippen LogP contribution in [-0.4, -0.2) is 50.8 Å². The molecule has 1 saturated heterocycles. The molecule has 0 spiro atoms. The molecule has 2 unspecified atom stereocenters. The molecular formula is C15H32N2O. The molecule has 1 aliphatic rings. The van der Waals surface area contributed by atoms with E-state index in [0.29, 0.717) is 0 Å². The van der Waals surface area contributed by atoms with Crippen molar-refractivity contribution >= 4 is 0 Å². The van der Waals surface area contributed by atoms with Gasteiger partial charge in [0.2, 0.25) is 0 Å². The van der Waals surface area contributed by atoms with Crippen LogP contribution in [-0.2, 0) is 4.74 Å². The van der Waals surface area contributed by atoms with E-state index in [9.17, 15) is 0 Å². The van der Waals surface area contributed by atoms with Crippen LogP contribution in [0.25, 0.3) is 0 Å². The van der Waals surface area contributed by atoms with Crippen molar-refractivity contribution in [3.05, 3.63) is 0 Å². The summed E-state index contributed by atoms with van der Waals surface area (Å²) < 4.78 is 5.32. The summed E-state index contributed by atoms with van der Waals surface area (Å²) in [6.07, 6.45) is 3.78.